The average Bonchev–Trinajstić information content (AvgIpc) is 3.44. The standard InChI is InChI=1S/C23H23N5O5/c1-22(2)31-19-18(15-9-10-16-21(24)26-13-27-28(15)16)32-23(25-3,20(19)33-22)12-30-17(29)11-14-7-5-4-6-8-14/h4-10,13,18-20H,11-12H2,1-2H3,(H2,24,26,27)/t18-,19-,20-,23+/m0/s1. The van der Waals surface area contributed by atoms with Gasteiger partial charge in [-0.1, -0.05) is 30.3 Å². The van der Waals surface area contributed by atoms with Crippen molar-refractivity contribution in [2.75, 3.05) is 12.3 Å². The number of ether oxygens (including phenoxy) is 4. The molecule has 0 unspecified atom stereocenters. The van der Waals surface area contributed by atoms with Crippen molar-refractivity contribution in [3.8, 4) is 0 Å². The molecule has 0 bridgehead atoms. The van der Waals surface area contributed by atoms with Crippen molar-refractivity contribution in [1.82, 2.24) is 14.6 Å². The van der Waals surface area contributed by atoms with E-state index in [1.54, 1.807) is 30.5 Å². The summed E-state index contributed by atoms with van der Waals surface area (Å²) in [6.45, 7) is 11.2. The molecule has 2 saturated heterocycles. The molecule has 0 spiro atoms. The quantitative estimate of drug-likeness (QED) is 0.466. The van der Waals surface area contributed by atoms with Gasteiger partial charge < -0.3 is 19.9 Å². The van der Waals surface area contributed by atoms with Crippen molar-refractivity contribution < 1.29 is 23.7 Å². The van der Waals surface area contributed by atoms with Gasteiger partial charge >= 0.3 is 11.7 Å². The number of carbonyl (C=O) groups excluding carboxylic acids is 1. The number of hydrogen-bond donors (Lipinski definition) is 1. The predicted molar refractivity (Wildman–Crippen MR) is 115 cm³/mol. The summed E-state index contributed by atoms with van der Waals surface area (Å²) < 4.78 is 25.6. The Morgan fingerprint density at radius 1 is 1.21 bits per heavy atom. The Hall–Kier alpha value is -3.52. The third-order valence-corrected chi connectivity index (χ3v) is 5.83. The molecule has 10 nitrogen and oxygen atoms in total. The molecule has 2 aliphatic rings. The van der Waals surface area contributed by atoms with E-state index in [-0.39, 0.29) is 13.0 Å². The lowest BCUT2D eigenvalue weighted by molar-refractivity contribution is -0.210. The number of benzene rings is 1. The molecule has 170 valence electrons. The summed E-state index contributed by atoms with van der Waals surface area (Å²) in [6, 6.07) is 12.8. The van der Waals surface area contributed by atoms with E-state index in [0.29, 0.717) is 17.0 Å². The summed E-state index contributed by atoms with van der Waals surface area (Å²) in [5, 5.41) is 4.28. The van der Waals surface area contributed by atoms with Crippen LogP contribution in [-0.2, 0) is 30.2 Å². The minimum Gasteiger partial charge on any atom is -0.454 e. The molecular weight excluding hydrogens is 426 g/mol. The zero-order valence-electron chi connectivity index (χ0n) is 18.2. The van der Waals surface area contributed by atoms with Crippen LogP contribution in [0.15, 0.2) is 48.8 Å². The fraction of sp³-hybridized carbons (Fsp3) is 0.391. The van der Waals surface area contributed by atoms with Gasteiger partial charge in [-0.05, 0) is 31.5 Å². The number of carbonyl (C=O) groups is 1. The zero-order chi connectivity index (χ0) is 23.2. The second-order valence-electron chi connectivity index (χ2n) is 8.54. The zero-order valence-corrected chi connectivity index (χ0v) is 18.2. The number of nitrogens with zero attached hydrogens (tertiary/aromatic N) is 4. The van der Waals surface area contributed by atoms with Gasteiger partial charge in [0.2, 0.25) is 0 Å². The molecule has 4 atom stereocenters. The molecule has 0 amide bonds. The Balaban J connectivity index is 1.43. The van der Waals surface area contributed by atoms with E-state index >= 15 is 0 Å². The number of nitrogens with two attached hydrogens (primary N) is 1. The average molecular weight is 449 g/mol. The Bertz CT molecular complexity index is 1240. The Morgan fingerprint density at radius 2 is 2.00 bits per heavy atom. The van der Waals surface area contributed by atoms with Crippen LogP contribution < -0.4 is 5.73 Å². The smallest absolute Gasteiger partial charge is 0.400 e. The second-order valence-corrected chi connectivity index (χ2v) is 8.54. The highest BCUT2D eigenvalue weighted by atomic mass is 16.8. The third-order valence-electron chi connectivity index (χ3n) is 5.83. The van der Waals surface area contributed by atoms with E-state index in [1.165, 1.54) is 6.33 Å². The summed E-state index contributed by atoms with van der Waals surface area (Å²) in [4.78, 5) is 20.2. The number of hydrogen-bond acceptors (Lipinski definition) is 8. The first-order valence-corrected chi connectivity index (χ1v) is 10.5. The fourth-order valence-electron chi connectivity index (χ4n) is 4.37. The summed E-state index contributed by atoms with van der Waals surface area (Å²) in [5.41, 5.74) is 6.46. The van der Waals surface area contributed by atoms with Crippen molar-refractivity contribution in [2.24, 2.45) is 0 Å². The maximum Gasteiger partial charge on any atom is 0.400 e. The van der Waals surface area contributed by atoms with Crippen LogP contribution in [0.5, 0.6) is 0 Å². The minimum atomic E-state index is -1.57. The largest absolute Gasteiger partial charge is 0.454 e. The maximum absolute atomic E-state index is 12.5. The first-order chi connectivity index (χ1) is 15.8. The van der Waals surface area contributed by atoms with Gasteiger partial charge in [-0.15, -0.1) is 0 Å². The molecule has 0 aliphatic carbocycles. The molecule has 2 aliphatic heterocycles. The summed E-state index contributed by atoms with van der Waals surface area (Å²) in [7, 11) is 0. The molecule has 0 radical (unpaired) electrons. The second kappa shape index (κ2) is 7.81. The van der Waals surface area contributed by atoms with Crippen LogP contribution in [-0.4, -0.2) is 50.9 Å². The van der Waals surface area contributed by atoms with Crippen LogP contribution in [0.2, 0.25) is 0 Å². The highest BCUT2D eigenvalue weighted by Gasteiger charge is 2.69. The lowest BCUT2D eigenvalue weighted by Gasteiger charge is -2.25. The van der Waals surface area contributed by atoms with Gasteiger partial charge in [-0.3, -0.25) is 14.4 Å². The van der Waals surface area contributed by atoms with Gasteiger partial charge in [-0.2, -0.15) is 5.10 Å². The molecule has 4 heterocycles. The molecule has 5 rings (SSSR count). The van der Waals surface area contributed by atoms with Crippen LogP contribution in [0.3, 0.4) is 0 Å². The van der Waals surface area contributed by atoms with Gasteiger partial charge in [-0.25, -0.2) is 16.1 Å². The van der Waals surface area contributed by atoms with E-state index in [9.17, 15) is 4.79 Å². The van der Waals surface area contributed by atoms with Crippen molar-refractivity contribution >= 4 is 17.3 Å². The molecule has 2 N–H and O–H groups in total. The highest BCUT2D eigenvalue weighted by Crippen LogP contribution is 2.50. The lowest BCUT2D eigenvalue weighted by atomic mass is 10.0. The first kappa shape index (κ1) is 21.3. The van der Waals surface area contributed by atoms with Gasteiger partial charge in [0, 0.05) is 0 Å². The van der Waals surface area contributed by atoms with E-state index in [2.05, 4.69) is 14.9 Å². The first-order valence-electron chi connectivity index (χ1n) is 10.5. The van der Waals surface area contributed by atoms with Gasteiger partial charge in [0.25, 0.3) is 0 Å². The SMILES string of the molecule is [C-]#[N+][C@]1(COC(=O)Cc2ccccc2)O[C@@H](c2ccc3c(N)ncnn23)[C@@H]2OC(C)(C)O[C@@H]21. The minimum absolute atomic E-state index is 0.0921. The van der Waals surface area contributed by atoms with E-state index in [1.807, 2.05) is 30.3 Å². The normalized spacial score (nSPS) is 27.8. The molecule has 2 fully saturated rings. The Kier molecular flexibility index (Phi) is 5.05. The molecule has 33 heavy (non-hydrogen) atoms. The number of aromatic nitrogens is 3. The topological polar surface area (TPSA) is 115 Å². The molecule has 1 aromatic carbocycles. The Labute approximate surface area is 190 Å². The number of nitrogen functional groups attached to an aromatic ring is 1. The number of fused-ring (bicyclic) bond motifs is 2. The van der Waals surface area contributed by atoms with E-state index in [0.717, 1.165) is 5.56 Å². The van der Waals surface area contributed by atoms with Crippen molar-refractivity contribution in [2.45, 2.75) is 50.1 Å². The lowest BCUT2D eigenvalue weighted by Crippen LogP contribution is -2.45. The molecule has 10 heteroatoms. The number of rotatable bonds is 5. The summed E-state index contributed by atoms with van der Waals surface area (Å²) in [6.07, 6.45) is -0.646. The molecule has 3 aromatic rings. The van der Waals surface area contributed by atoms with E-state index < -0.39 is 35.8 Å². The number of anilines is 1. The van der Waals surface area contributed by atoms with Crippen LogP contribution in [0, 0.1) is 6.57 Å². The van der Waals surface area contributed by atoms with Crippen molar-refractivity contribution in [1.29, 1.82) is 0 Å². The predicted octanol–water partition coefficient (Wildman–Crippen LogP) is 2.30. The molecular formula is C23H23N5O5. The van der Waals surface area contributed by atoms with E-state index in [4.69, 9.17) is 31.3 Å². The van der Waals surface area contributed by atoms with Gasteiger partial charge in [0.05, 0.1) is 12.1 Å². The van der Waals surface area contributed by atoms with Crippen LogP contribution in [0.25, 0.3) is 10.4 Å². The van der Waals surface area contributed by atoms with Crippen molar-refractivity contribution in [3.05, 3.63) is 71.5 Å². The van der Waals surface area contributed by atoms with Crippen LogP contribution >= 0.6 is 0 Å². The Morgan fingerprint density at radius 3 is 2.76 bits per heavy atom. The highest BCUT2D eigenvalue weighted by molar-refractivity contribution is 5.72. The molecule has 0 saturated carbocycles. The summed E-state index contributed by atoms with van der Waals surface area (Å²) >= 11 is 0. The summed E-state index contributed by atoms with van der Waals surface area (Å²) in [5.74, 6) is -1.08. The number of esters is 1. The van der Waals surface area contributed by atoms with Crippen LogP contribution in [0.1, 0.15) is 31.2 Å². The van der Waals surface area contributed by atoms with Gasteiger partial charge in [0.1, 0.15) is 24.1 Å². The van der Waals surface area contributed by atoms with Crippen molar-refractivity contribution in [3.63, 3.8) is 0 Å². The molecule has 2 aromatic heterocycles. The van der Waals surface area contributed by atoms with Gasteiger partial charge in [0.15, 0.2) is 24.3 Å². The fourth-order valence-corrected chi connectivity index (χ4v) is 4.37. The monoisotopic (exact) mass is 449 g/mol. The third kappa shape index (κ3) is 3.70. The maximum atomic E-state index is 12.5. The van der Waals surface area contributed by atoms with Crippen LogP contribution in [0.4, 0.5) is 5.82 Å².